The zero-order valence-electron chi connectivity index (χ0n) is 11.8. The smallest absolute Gasteiger partial charge is 0.248 e. The lowest BCUT2D eigenvalue weighted by Crippen LogP contribution is -2.16. The minimum absolute atomic E-state index is 0.0352. The molecule has 0 saturated carbocycles. The van der Waals surface area contributed by atoms with Crippen LogP contribution in [0.4, 0.5) is 10.1 Å². The Morgan fingerprint density at radius 2 is 1.77 bits per heavy atom. The molecule has 0 aromatic heterocycles. The summed E-state index contributed by atoms with van der Waals surface area (Å²) in [5.41, 5.74) is 6.62. The van der Waals surface area contributed by atoms with Crippen molar-refractivity contribution in [3.05, 3.63) is 71.6 Å². The van der Waals surface area contributed by atoms with E-state index in [0.717, 1.165) is 0 Å². The second-order valence-corrected chi connectivity index (χ2v) is 4.64. The minimum atomic E-state index is -0.483. The SMILES string of the molecule is NC(=O)Cc1ccccc1NC(=O)C=Cc1ccccc1F. The zero-order valence-corrected chi connectivity index (χ0v) is 11.8. The van der Waals surface area contributed by atoms with E-state index in [-0.39, 0.29) is 6.42 Å². The van der Waals surface area contributed by atoms with Crippen LogP contribution in [0.1, 0.15) is 11.1 Å². The van der Waals surface area contributed by atoms with Crippen LogP contribution in [0, 0.1) is 5.82 Å². The van der Waals surface area contributed by atoms with E-state index in [9.17, 15) is 14.0 Å². The number of hydrogen-bond donors (Lipinski definition) is 2. The van der Waals surface area contributed by atoms with Gasteiger partial charge in [-0.15, -0.1) is 0 Å². The van der Waals surface area contributed by atoms with Crippen LogP contribution >= 0.6 is 0 Å². The molecule has 0 aliphatic heterocycles. The van der Waals surface area contributed by atoms with Crippen LogP contribution < -0.4 is 11.1 Å². The predicted molar refractivity (Wildman–Crippen MR) is 83.4 cm³/mol. The molecule has 0 unspecified atom stereocenters. The van der Waals surface area contributed by atoms with Gasteiger partial charge in [0.2, 0.25) is 11.8 Å². The lowest BCUT2D eigenvalue weighted by molar-refractivity contribution is -0.117. The minimum Gasteiger partial charge on any atom is -0.369 e. The molecule has 0 radical (unpaired) electrons. The van der Waals surface area contributed by atoms with Gasteiger partial charge in [-0.1, -0.05) is 36.4 Å². The number of anilines is 1. The van der Waals surface area contributed by atoms with Crippen LogP contribution in [0.25, 0.3) is 6.08 Å². The maximum Gasteiger partial charge on any atom is 0.248 e. The van der Waals surface area contributed by atoms with Crippen LogP contribution in [0.5, 0.6) is 0 Å². The number of benzene rings is 2. The molecule has 0 saturated heterocycles. The Morgan fingerprint density at radius 3 is 2.50 bits per heavy atom. The molecule has 112 valence electrons. The first-order valence-electron chi connectivity index (χ1n) is 6.66. The number of amides is 2. The highest BCUT2D eigenvalue weighted by molar-refractivity contribution is 6.02. The van der Waals surface area contributed by atoms with Gasteiger partial charge in [0.1, 0.15) is 5.82 Å². The van der Waals surface area contributed by atoms with Crippen LogP contribution in [-0.4, -0.2) is 11.8 Å². The van der Waals surface area contributed by atoms with E-state index in [1.165, 1.54) is 18.2 Å². The molecule has 2 rings (SSSR count). The summed E-state index contributed by atoms with van der Waals surface area (Å²) in [6.07, 6.45) is 2.66. The summed E-state index contributed by atoms with van der Waals surface area (Å²) in [5.74, 6) is -1.30. The number of halogens is 1. The lowest BCUT2D eigenvalue weighted by Gasteiger charge is -2.08. The Balaban J connectivity index is 2.10. The van der Waals surface area contributed by atoms with Gasteiger partial charge in [-0.3, -0.25) is 9.59 Å². The molecular weight excluding hydrogens is 283 g/mol. The molecule has 0 spiro atoms. The number of hydrogen-bond acceptors (Lipinski definition) is 2. The number of carbonyl (C=O) groups is 2. The summed E-state index contributed by atoms with van der Waals surface area (Å²) < 4.78 is 13.4. The molecule has 0 aliphatic carbocycles. The average molecular weight is 298 g/mol. The summed E-state index contributed by atoms with van der Waals surface area (Å²) in [6.45, 7) is 0. The monoisotopic (exact) mass is 298 g/mol. The molecule has 2 amide bonds. The summed E-state index contributed by atoms with van der Waals surface area (Å²) in [5, 5.41) is 2.65. The predicted octanol–water partition coefficient (Wildman–Crippen LogP) is 2.51. The zero-order chi connectivity index (χ0) is 15.9. The van der Waals surface area contributed by atoms with E-state index >= 15 is 0 Å². The van der Waals surface area contributed by atoms with Crippen molar-refractivity contribution in [1.29, 1.82) is 0 Å². The van der Waals surface area contributed by atoms with E-state index in [2.05, 4.69) is 5.32 Å². The number of nitrogens with one attached hydrogen (secondary N) is 1. The second kappa shape index (κ2) is 7.17. The van der Waals surface area contributed by atoms with Gasteiger partial charge in [0.25, 0.3) is 0 Å². The average Bonchev–Trinajstić information content (AvgIpc) is 2.48. The molecule has 4 nitrogen and oxygen atoms in total. The van der Waals surface area contributed by atoms with Crippen LogP contribution in [0.3, 0.4) is 0 Å². The third kappa shape index (κ3) is 4.28. The standard InChI is InChI=1S/C17H15FN2O2/c18-14-7-3-1-5-12(14)9-10-17(22)20-15-8-4-2-6-13(15)11-16(19)21/h1-10H,11H2,(H2,19,21)(H,20,22). The summed E-state index contributed by atoms with van der Waals surface area (Å²) >= 11 is 0. The van der Waals surface area contributed by atoms with Gasteiger partial charge in [0.05, 0.1) is 6.42 Å². The quantitative estimate of drug-likeness (QED) is 0.832. The van der Waals surface area contributed by atoms with E-state index in [4.69, 9.17) is 5.73 Å². The Labute approximate surface area is 127 Å². The molecule has 22 heavy (non-hydrogen) atoms. The molecule has 3 N–H and O–H groups in total. The fourth-order valence-electron chi connectivity index (χ4n) is 1.93. The van der Waals surface area contributed by atoms with Crippen LogP contribution in [0.2, 0.25) is 0 Å². The molecule has 2 aromatic rings. The fraction of sp³-hybridized carbons (Fsp3) is 0.0588. The van der Waals surface area contributed by atoms with Crippen molar-refractivity contribution < 1.29 is 14.0 Å². The van der Waals surface area contributed by atoms with Gasteiger partial charge < -0.3 is 11.1 Å². The molecule has 0 aliphatic rings. The van der Waals surface area contributed by atoms with Gasteiger partial charge in [0.15, 0.2) is 0 Å². The van der Waals surface area contributed by atoms with Gasteiger partial charge in [-0.25, -0.2) is 4.39 Å². The Morgan fingerprint density at radius 1 is 1.09 bits per heavy atom. The lowest BCUT2D eigenvalue weighted by atomic mass is 10.1. The third-order valence-corrected chi connectivity index (χ3v) is 2.96. The van der Waals surface area contributed by atoms with Gasteiger partial charge in [-0.05, 0) is 23.8 Å². The molecule has 2 aromatic carbocycles. The maximum absolute atomic E-state index is 13.4. The summed E-state index contributed by atoms with van der Waals surface area (Å²) in [4.78, 5) is 22.9. The number of para-hydroxylation sites is 1. The topological polar surface area (TPSA) is 72.2 Å². The molecule has 0 fully saturated rings. The highest BCUT2D eigenvalue weighted by Crippen LogP contribution is 2.16. The molecular formula is C17H15FN2O2. The van der Waals surface area contributed by atoms with Crippen molar-refractivity contribution in [1.82, 2.24) is 0 Å². The van der Waals surface area contributed by atoms with E-state index in [1.807, 2.05) is 0 Å². The Hall–Kier alpha value is -2.95. The fourth-order valence-corrected chi connectivity index (χ4v) is 1.93. The molecule has 0 heterocycles. The number of rotatable bonds is 5. The van der Waals surface area contributed by atoms with E-state index < -0.39 is 17.6 Å². The molecule has 0 atom stereocenters. The van der Waals surface area contributed by atoms with Crippen LogP contribution in [0.15, 0.2) is 54.6 Å². The van der Waals surface area contributed by atoms with E-state index in [0.29, 0.717) is 16.8 Å². The van der Waals surface area contributed by atoms with Crippen molar-refractivity contribution in [3.63, 3.8) is 0 Å². The first-order chi connectivity index (χ1) is 10.6. The normalized spacial score (nSPS) is 10.6. The maximum atomic E-state index is 13.4. The molecule has 0 bridgehead atoms. The second-order valence-electron chi connectivity index (χ2n) is 4.64. The first kappa shape index (κ1) is 15.4. The van der Waals surface area contributed by atoms with Crippen molar-refractivity contribution in [2.45, 2.75) is 6.42 Å². The van der Waals surface area contributed by atoms with Crippen LogP contribution in [-0.2, 0) is 16.0 Å². The summed E-state index contributed by atoms with van der Waals surface area (Å²) in [7, 11) is 0. The third-order valence-electron chi connectivity index (χ3n) is 2.96. The van der Waals surface area contributed by atoms with Gasteiger partial charge >= 0.3 is 0 Å². The number of carbonyl (C=O) groups excluding carboxylic acids is 2. The van der Waals surface area contributed by atoms with Gasteiger partial charge in [0, 0.05) is 17.3 Å². The van der Waals surface area contributed by atoms with Crippen molar-refractivity contribution in [2.24, 2.45) is 5.73 Å². The Kier molecular flexibility index (Phi) is 5.03. The highest BCUT2D eigenvalue weighted by Gasteiger charge is 2.07. The highest BCUT2D eigenvalue weighted by atomic mass is 19.1. The Bertz CT molecular complexity index is 726. The summed E-state index contributed by atoms with van der Waals surface area (Å²) in [6, 6.07) is 13.0. The molecule has 5 heteroatoms. The van der Waals surface area contributed by atoms with Crippen molar-refractivity contribution in [3.8, 4) is 0 Å². The van der Waals surface area contributed by atoms with Crippen molar-refractivity contribution in [2.75, 3.05) is 5.32 Å². The number of primary amides is 1. The first-order valence-corrected chi connectivity index (χ1v) is 6.66. The van der Waals surface area contributed by atoms with Crippen molar-refractivity contribution >= 4 is 23.6 Å². The largest absolute Gasteiger partial charge is 0.369 e. The van der Waals surface area contributed by atoms with E-state index in [1.54, 1.807) is 42.5 Å². The van der Waals surface area contributed by atoms with Gasteiger partial charge in [-0.2, -0.15) is 0 Å². The number of nitrogens with two attached hydrogens (primary N) is 1.